The average Bonchev–Trinajstić information content (AvgIpc) is 2.92. The molecule has 36 heavy (non-hydrogen) atoms. The summed E-state index contributed by atoms with van der Waals surface area (Å²) in [7, 11) is 0. The van der Waals surface area contributed by atoms with Gasteiger partial charge in [0.2, 0.25) is 0 Å². The molecule has 184 valence electrons. The molecule has 0 N–H and O–H groups in total. The van der Waals surface area contributed by atoms with Crippen LogP contribution in [0.5, 0.6) is 11.5 Å². The monoisotopic (exact) mass is 484 g/mol. The quantitative estimate of drug-likeness (QED) is 0.327. The molecule has 1 amide bonds. The van der Waals surface area contributed by atoms with E-state index in [0.717, 1.165) is 22.1 Å². The predicted octanol–water partition coefficient (Wildman–Crippen LogP) is 5.92. The molecular weight excluding hydrogens is 455 g/mol. The molecule has 5 nitrogen and oxygen atoms in total. The van der Waals surface area contributed by atoms with E-state index in [-0.39, 0.29) is 18.3 Å². The predicted molar refractivity (Wildman–Crippen MR) is 140 cm³/mol. The number of piperazine rings is 1. The minimum Gasteiger partial charge on any atom is -0.493 e. The lowest BCUT2D eigenvalue weighted by Gasteiger charge is -2.36. The first kappa shape index (κ1) is 23.7. The summed E-state index contributed by atoms with van der Waals surface area (Å²) < 4.78 is 26.2. The highest BCUT2D eigenvalue weighted by molar-refractivity contribution is 5.95. The number of halogens is 1. The van der Waals surface area contributed by atoms with Gasteiger partial charge in [-0.2, -0.15) is 0 Å². The summed E-state index contributed by atoms with van der Waals surface area (Å²) >= 11 is 0. The SMILES string of the molecule is CCOc1ccc(C(=O)N2CCN(c3ccccc3F)CC2)cc1COc1cccc2ccccc12. The van der Waals surface area contributed by atoms with Crippen LogP contribution in [0.15, 0.2) is 84.9 Å². The average molecular weight is 485 g/mol. The van der Waals surface area contributed by atoms with Crippen molar-refractivity contribution in [3.63, 3.8) is 0 Å². The fourth-order valence-electron chi connectivity index (χ4n) is 4.64. The number of anilines is 1. The Morgan fingerprint density at radius 1 is 0.833 bits per heavy atom. The second kappa shape index (κ2) is 10.7. The largest absolute Gasteiger partial charge is 0.493 e. The van der Waals surface area contributed by atoms with Gasteiger partial charge >= 0.3 is 0 Å². The second-order valence-electron chi connectivity index (χ2n) is 8.75. The van der Waals surface area contributed by atoms with E-state index in [2.05, 4.69) is 12.1 Å². The molecule has 0 aromatic heterocycles. The van der Waals surface area contributed by atoms with Gasteiger partial charge in [-0.05, 0) is 48.7 Å². The fraction of sp³-hybridized carbons (Fsp3) is 0.233. The number of carbonyl (C=O) groups excluding carboxylic acids is 1. The van der Waals surface area contributed by atoms with Crippen LogP contribution in [-0.4, -0.2) is 43.6 Å². The molecule has 1 fully saturated rings. The molecule has 1 saturated heterocycles. The number of fused-ring (bicyclic) bond motifs is 1. The van der Waals surface area contributed by atoms with Crippen molar-refractivity contribution in [1.29, 1.82) is 0 Å². The molecule has 0 bridgehead atoms. The first-order valence-electron chi connectivity index (χ1n) is 12.3. The summed E-state index contributed by atoms with van der Waals surface area (Å²) in [5.41, 5.74) is 1.99. The fourth-order valence-corrected chi connectivity index (χ4v) is 4.64. The van der Waals surface area contributed by atoms with Crippen LogP contribution in [-0.2, 0) is 6.61 Å². The number of amides is 1. The van der Waals surface area contributed by atoms with Crippen molar-refractivity contribution >= 4 is 22.4 Å². The van der Waals surface area contributed by atoms with E-state index in [1.54, 1.807) is 18.2 Å². The van der Waals surface area contributed by atoms with Gasteiger partial charge in [-0.3, -0.25) is 4.79 Å². The zero-order chi connectivity index (χ0) is 24.9. The number of rotatable bonds is 7. The van der Waals surface area contributed by atoms with Gasteiger partial charge in [0, 0.05) is 42.7 Å². The molecule has 4 aromatic carbocycles. The third kappa shape index (κ3) is 4.98. The first-order chi connectivity index (χ1) is 17.6. The minimum absolute atomic E-state index is 0.0438. The third-order valence-corrected chi connectivity index (χ3v) is 6.50. The number of ether oxygens (including phenoxy) is 2. The number of benzene rings is 4. The van der Waals surface area contributed by atoms with Crippen molar-refractivity contribution in [3.8, 4) is 11.5 Å². The second-order valence-corrected chi connectivity index (χ2v) is 8.75. The van der Waals surface area contributed by atoms with Gasteiger partial charge in [-0.15, -0.1) is 0 Å². The third-order valence-electron chi connectivity index (χ3n) is 6.50. The Labute approximate surface area is 210 Å². The van der Waals surface area contributed by atoms with Crippen LogP contribution < -0.4 is 14.4 Å². The number of carbonyl (C=O) groups is 1. The van der Waals surface area contributed by atoms with Crippen molar-refractivity contribution < 1.29 is 18.7 Å². The maximum Gasteiger partial charge on any atom is 0.253 e. The summed E-state index contributed by atoms with van der Waals surface area (Å²) in [4.78, 5) is 17.1. The van der Waals surface area contributed by atoms with E-state index < -0.39 is 0 Å². The molecule has 0 saturated carbocycles. The zero-order valence-electron chi connectivity index (χ0n) is 20.3. The van der Waals surface area contributed by atoms with Gasteiger partial charge in [0.15, 0.2) is 0 Å². The molecular formula is C30H29FN2O3. The highest BCUT2D eigenvalue weighted by atomic mass is 19.1. The molecule has 0 radical (unpaired) electrons. The van der Waals surface area contributed by atoms with E-state index in [0.29, 0.717) is 49.8 Å². The molecule has 4 aromatic rings. The van der Waals surface area contributed by atoms with Crippen molar-refractivity contribution in [2.75, 3.05) is 37.7 Å². The first-order valence-corrected chi connectivity index (χ1v) is 12.3. The lowest BCUT2D eigenvalue weighted by atomic mass is 10.1. The summed E-state index contributed by atoms with van der Waals surface area (Å²) in [6.45, 7) is 4.97. The Kier molecular flexibility index (Phi) is 7.03. The van der Waals surface area contributed by atoms with Crippen LogP contribution in [0.2, 0.25) is 0 Å². The van der Waals surface area contributed by atoms with Gasteiger partial charge < -0.3 is 19.3 Å². The molecule has 1 aliphatic rings. The molecule has 0 aliphatic carbocycles. The molecule has 6 heteroatoms. The van der Waals surface area contributed by atoms with E-state index in [4.69, 9.17) is 9.47 Å². The van der Waals surface area contributed by atoms with E-state index in [1.807, 2.05) is 65.3 Å². The normalized spacial score (nSPS) is 13.6. The van der Waals surface area contributed by atoms with Crippen molar-refractivity contribution in [2.45, 2.75) is 13.5 Å². The Morgan fingerprint density at radius 2 is 1.58 bits per heavy atom. The summed E-state index contributed by atoms with van der Waals surface area (Å²) in [6, 6.07) is 26.3. The Bertz CT molecular complexity index is 1360. The summed E-state index contributed by atoms with van der Waals surface area (Å²) in [5.74, 6) is 1.22. The van der Waals surface area contributed by atoms with Crippen molar-refractivity contribution in [2.24, 2.45) is 0 Å². The smallest absolute Gasteiger partial charge is 0.253 e. The molecule has 5 rings (SSSR count). The van der Waals surface area contributed by atoms with E-state index in [9.17, 15) is 9.18 Å². The van der Waals surface area contributed by atoms with Gasteiger partial charge in [0.25, 0.3) is 5.91 Å². The van der Waals surface area contributed by atoms with Gasteiger partial charge in [-0.1, -0.05) is 48.5 Å². The van der Waals surface area contributed by atoms with E-state index >= 15 is 0 Å². The van der Waals surface area contributed by atoms with Gasteiger partial charge in [-0.25, -0.2) is 4.39 Å². The minimum atomic E-state index is -0.236. The lowest BCUT2D eigenvalue weighted by molar-refractivity contribution is 0.0746. The molecule has 0 spiro atoms. The Morgan fingerprint density at radius 3 is 2.39 bits per heavy atom. The summed E-state index contributed by atoms with van der Waals surface area (Å²) in [5, 5.41) is 2.15. The molecule has 1 aliphatic heterocycles. The van der Waals surface area contributed by atoms with Crippen LogP contribution in [0.3, 0.4) is 0 Å². The van der Waals surface area contributed by atoms with Crippen LogP contribution in [0.1, 0.15) is 22.8 Å². The summed E-state index contributed by atoms with van der Waals surface area (Å²) in [6.07, 6.45) is 0. The molecule has 0 unspecified atom stereocenters. The van der Waals surface area contributed by atoms with Crippen molar-refractivity contribution in [3.05, 3.63) is 102 Å². The highest BCUT2D eigenvalue weighted by Crippen LogP contribution is 2.29. The molecule has 0 atom stereocenters. The maximum atomic E-state index is 14.2. The van der Waals surface area contributed by atoms with Crippen LogP contribution in [0.4, 0.5) is 10.1 Å². The number of hydrogen-bond acceptors (Lipinski definition) is 4. The maximum absolute atomic E-state index is 14.2. The number of hydrogen-bond donors (Lipinski definition) is 0. The zero-order valence-corrected chi connectivity index (χ0v) is 20.3. The molecule has 1 heterocycles. The van der Waals surface area contributed by atoms with Gasteiger partial charge in [0.1, 0.15) is 23.9 Å². The standard InChI is InChI=1S/C30H29FN2O3/c1-2-35-28-15-14-23(20-24(28)21-36-29-13-7-9-22-8-3-4-10-25(22)29)30(34)33-18-16-32(17-19-33)27-12-6-5-11-26(27)31/h3-15,20H,2,16-19,21H2,1H3. The van der Waals surface area contributed by atoms with Crippen LogP contribution >= 0.6 is 0 Å². The Hall–Kier alpha value is -4.06. The van der Waals surface area contributed by atoms with Crippen LogP contribution in [0.25, 0.3) is 10.8 Å². The topological polar surface area (TPSA) is 42.0 Å². The number of para-hydroxylation sites is 1. The lowest BCUT2D eigenvalue weighted by Crippen LogP contribution is -2.49. The highest BCUT2D eigenvalue weighted by Gasteiger charge is 2.24. The van der Waals surface area contributed by atoms with E-state index in [1.165, 1.54) is 6.07 Å². The number of nitrogens with zero attached hydrogens (tertiary/aromatic N) is 2. The van der Waals surface area contributed by atoms with Gasteiger partial charge in [0.05, 0.1) is 12.3 Å². The van der Waals surface area contributed by atoms with Crippen molar-refractivity contribution in [1.82, 2.24) is 4.90 Å². The Balaban J connectivity index is 1.31. The van der Waals surface area contributed by atoms with Crippen LogP contribution in [0, 0.1) is 5.82 Å².